The topological polar surface area (TPSA) is 59.3 Å². The average molecular weight is 483 g/mol. The van der Waals surface area contributed by atoms with Crippen LogP contribution in [0, 0.1) is 6.92 Å². The molecule has 0 bridgehead atoms. The minimum atomic E-state index is -0.222. The first-order chi connectivity index (χ1) is 15.5. The van der Waals surface area contributed by atoms with Crippen LogP contribution >= 0.6 is 35.0 Å². The summed E-state index contributed by atoms with van der Waals surface area (Å²) in [6.07, 6.45) is 1.53. The largest absolute Gasteiger partial charge is 0.314 e. The summed E-state index contributed by atoms with van der Waals surface area (Å²) in [5.41, 5.74) is 7.62. The van der Waals surface area contributed by atoms with E-state index in [0.29, 0.717) is 16.6 Å². The summed E-state index contributed by atoms with van der Waals surface area (Å²) in [5, 5.41) is 5.69. The Kier molecular flexibility index (Phi) is 7.15. The number of nitrogens with zero attached hydrogens (tertiary/aromatic N) is 3. The van der Waals surface area contributed by atoms with Crippen LogP contribution in [-0.4, -0.2) is 27.4 Å². The molecule has 4 aromatic rings. The average Bonchev–Trinajstić information content (AvgIpc) is 3.14. The van der Waals surface area contributed by atoms with Crippen LogP contribution in [0.2, 0.25) is 10.0 Å². The second-order valence-corrected chi connectivity index (χ2v) is 8.97. The molecule has 5 nitrogen and oxygen atoms in total. The Bertz CT molecular complexity index is 1290. The number of aryl methyl sites for hydroxylation is 1. The SMILES string of the molecule is Cc1ccc(Cn2c(SCC(=O)N/N=C/c3ccc(Cl)c(Cl)c3)nc3ccccc32)cc1. The number of aromatic nitrogens is 2. The Hall–Kier alpha value is -2.80. The zero-order chi connectivity index (χ0) is 22.5. The van der Waals surface area contributed by atoms with Crippen LogP contribution in [0.3, 0.4) is 0 Å². The Morgan fingerprint density at radius 3 is 2.66 bits per heavy atom. The Balaban J connectivity index is 1.44. The van der Waals surface area contributed by atoms with Gasteiger partial charge in [0.15, 0.2) is 5.16 Å². The van der Waals surface area contributed by atoms with E-state index in [1.807, 2.05) is 24.3 Å². The number of hydrogen-bond acceptors (Lipinski definition) is 4. The molecule has 1 amide bonds. The molecule has 0 aliphatic carbocycles. The molecular formula is C24H20Cl2N4OS. The number of rotatable bonds is 7. The number of carbonyl (C=O) groups is 1. The Morgan fingerprint density at radius 1 is 1.09 bits per heavy atom. The first kappa shape index (κ1) is 22.4. The number of fused-ring (bicyclic) bond motifs is 1. The van der Waals surface area contributed by atoms with Crippen molar-refractivity contribution in [1.82, 2.24) is 15.0 Å². The van der Waals surface area contributed by atoms with Crippen molar-refractivity contribution in [1.29, 1.82) is 0 Å². The van der Waals surface area contributed by atoms with Crippen molar-refractivity contribution in [2.75, 3.05) is 5.75 Å². The number of benzene rings is 3. The van der Waals surface area contributed by atoms with Crippen molar-refractivity contribution in [2.24, 2.45) is 5.10 Å². The predicted octanol–water partition coefficient (Wildman–Crippen LogP) is 5.94. The molecule has 1 aromatic heterocycles. The summed E-state index contributed by atoms with van der Waals surface area (Å²) in [7, 11) is 0. The van der Waals surface area contributed by atoms with Crippen LogP contribution in [0.1, 0.15) is 16.7 Å². The lowest BCUT2D eigenvalue weighted by molar-refractivity contribution is -0.118. The molecule has 3 aromatic carbocycles. The van der Waals surface area contributed by atoms with Gasteiger partial charge < -0.3 is 4.57 Å². The molecule has 162 valence electrons. The molecule has 0 aliphatic rings. The number of halogens is 2. The second-order valence-electron chi connectivity index (χ2n) is 7.21. The molecule has 0 unspecified atom stereocenters. The monoisotopic (exact) mass is 482 g/mol. The second kappa shape index (κ2) is 10.2. The van der Waals surface area contributed by atoms with Gasteiger partial charge in [-0.2, -0.15) is 5.10 Å². The normalized spacial score (nSPS) is 11.3. The zero-order valence-electron chi connectivity index (χ0n) is 17.3. The van der Waals surface area contributed by atoms with E-state index >= 15 is 0 Å². The van der Waals surface area contributed by atoms with Gasteiger partial charge in [-0.25, -0.2) is 10.4 Å². The number of carbonyl (C=O) groups excluding carboxylic acids is 1. The highest BCUT2D eigenvalue weighted by Crippen LogP contribution is 2.25. The molecule has 8 heteroatoms. The molecule has 0 saturated carbocycles. The fraction of sp³-hybridized carbons (Fsp3) is 0.125. The van der Waals surface area contributed by atoms with Crippen molar-refractivity contribution >= 4 is 58.1 Å². The maximum atomic E-state index is 12.3. The van der Waals surface area contributed by atoms with Gasteiger partial charge in [0, 0.05) is 0 Å². The van der Waals surface area contributed by atoms with Crippen molar-refractivity contribution in [3.63, 3.8) is 0 Å². The fourth-order valence-electron chi connectivity index (χ4n) is 3.13. The maximum absolute atomic E-state index is 12.3. The van der Waals surface area contributed by atoms with Crippen LogP contribution in [-0.2, 0) is 11.3 Å². The number of hydrogen-bond donors (Lipinski definition) is 1. The van der Waals surface area contributed by atoms with Gasteiger partial charge in [-0.3, -0.25) is 4.79 Å². The lowest BCUT2D eigenvalue weighted by Crippen LogP contribution is -2.20. The first-order valence-corrected chi connectivity index (χ1v) is 11.6. The van der Waals surface area contributed by atoms with Crippen LogP contribution in [0.4, 0.5) is 0 Å². The Morgan fingerprint density at radius 2 is 1.88 bits per heavy atom. The third kappa shape index (κ3) is 5.51. The van der Waals surface area contributed by atoms with Crippen molar-refractivity contribution in [3.8, 4) is 0 Å². The van der Waals surface area contributed by atoms with E-state index in [1.165, 1.54) is 29.1 Å². The van der Waals surface area contributed by atoms with Gasteiger partial charge in [0.05, 0.1) is 39.6 Å². The minimum Gasteiger partial charge on any atom is -0.314 e. The number of nitrogens with one attached hydrogen (secondary N) is 1. The summed E-state index contributed by atoms with van der Waals surface area (Å²) in [6, 6.07) is 21.5. The van der Waals surface area contributed by atoms with E-state index in [9.17, 15) is 4.79 Å². The predicted molar refractivity (Wildman–Crippen MR) is 133 cm³/mol. The lowest BCUT2D eigenvalue weighted by Gasteiger charge is -2.09. The Labute approximate surface area is 200 Å². The summed E-state index contributed by atoms with van der Waals surface area (Å²) in [5.74, 6) is -0.0316. The van der Waals surface area contributed by atoms with Crippen LogP contribution in [0.15, 0.2) is 77.0 Å². The molecule has 0 aliphatic heterocycles. The molecular weight excluding hydrogens is 463 g/mol. The van der Waals surface area contributed by atoms with Crippen LogP contribution in [0.25, 0.3) is 11.0 Å². The fourth-order valence-corrected chi connectivity index (χ4v) is 4.24. The molecule has 32 heavy (non-hydrogen) atoms. The standard InChI is InChI=1S/C24H20Cl2N4OS/c1-16-6-8-17(9-7-16)14-30-22-5-3-2-4-21(22)28-24(30)32-15-23(31)29-27-13-18-10-11-19(25)20(26)12-18/h2-13H,14-15H2,1H3,(H,29,31)/b27-13+. The molecule has 0 radical (unpaired) electrons. The zero-order valence-corrected chi connectivity index (χ0v) is 19.6. The number of para-hydroxylation sites is 2. The molecule has 0 fully saturated rings. The highest BCUT2D eigenvalue weighted by molar-refractivity contribution is 7.99. The summed E-state index contributed by atoms with van der Waals surface area (Å²) in [6.45, 7) is 2.75. The van der Waals surface area contributed by atoms with E-state index in [1.54, 1.807) is 18.2 Å². The summed E-state index contributed by atoms with van der Waals surface area (Å²) in [4.78, 5) is 17.0. The summed E-state index contributed by atoms with van der Waals surface area (Å²) >= 11 is 13.3. The van der Waals surface area contributed by atoms with Crippen molar-refractivity contribution in [2.45, 2.75) is 18.6 Å². The van der Waals surface area contributed by atoms with Crippen LogP contribution in [0.5, 0.6) is 0 Å². The van der Waals surface area contributed by atoms with E-state index < -0.39 is 0 Å². The summed E-state index contributed by atoms with van der Waals surface area (Å²) < 4.78 is 2.14. The van der Waals surface area contributed by atoms with Gasteiger partial charge in [0.1, 0.15) is 0 Å². The van der Waals surface area contributed by atoms with E-state index in [0.717, 1.165) is 21.8 Å². The molecule has 1 heterocycles. The van der Waals surface area contributed by atoms with E-state index in [4.69, 9.17) is 28.2 Å². The molecule has 4 rings (SSSR count). The number of hydrazone groups is 1. The van der Waals surface area contributed by atoms with Gasteiger partial charge in [-0.15, -0.1) is 0 Å². The first-order valence-electron chi connectivity index (χ1n) is 9.90. The number of amides is 1. The minimum absolute atomic E-state index is 0.190. The molecule has 0 atom stereocenters. The number of thioether (sulfide) groups is 1. The lowest BCUT2D eigenvalue weighted by atomic mass is 10.1. The van der Waals surface area contributed by atoms with Gasteiger partial charge in [0.25, 0.3) is 5.91 Å². The highest BCUT2D eigenvalue weighted by Gasteiger charge is 2.13. The smallest absolute Gasteiger partial charge is 0.250 e. The molecule has 0 spiro atoms. The van der Waals surface area contributed by atoms with Gasteiger partial charge >= 0.3 is 0 Å². The van der Waals surface area contributed by atoms with Crippen molar-refractivity contribution < 1.29 is 4.79 Å². The maximum Gasteiger partial charge on any atom is 0.250 e. The van der Waals surface area contributed by atoms with Crippen molar-refractivity contribution in [3.05, 3.63) is 93.5 Å². The van der Waals surface area contributed by atoms with E-state index in [-0.39, 0.29) is 11.7 Å². The van der Waals surface area contributed by atoms with E-state index in [2.05, 4.69) is 46.3 Å². The number of imidazole rings is 1. The van der Waals surface area contributed by atoms with Gasteiger partial charge in [-0.05, 0) is 42.3 Å². The van der Waals surface area contributed by atoms with Gasteiger partial charge in [-0.1, -0.05) is 83.0 Å². The quantitative estimate of drug-likeness (QED) is 0.201. The molecule has 0 saturated heterocycles. The third-order valence-electron chi connectivity index (χ3n) is 4.76. The third-order valence-corrected chi connectivity index (χ3v) is 6.48. The van der Waals surface area contributed by atoms with Crippen LogP contribution < -0.4 is 5.43 Å². The highest BCUT2D eigenvalue weighted by atomic mass is 35.5. The molecule has 1 N–H and O–H groups in total. The van der Waals surface area contributed by atoms with Gasteiger partial charge in [0.2, 0.25) is 0 Å².